The highest BCUT2D eigenvalue weighted by atomic mass is 35.5. The van der Waals surface area contributed by atoms with Gasteiger partial charge in [0.1, 0.15) is 5.76 Å². The summed E-state index contributed by atoms with van der Waals surface area (Å²) in [4.78, 5) is 27.6. The van der Waals surface area contributed by atoms with E-state index in [2.05, 4.69) is 5.32 Å². The van der Waals surface area contributed by atoms with Crippen LogP contribution in [0.1, 0.15) is 33.0 Å². The van der Waals surface area contributed by atoms with Crippen LogP contribution in [0.3, 0.4) is 0 Å². The molecule has 0 saturated heterocycles. The summed E-state index contributed by atoms with van der Waals surface area (Å²) in [5.41, 5.74) is 1.33. The first-order valence-electron chi connectivity index (χ1n) is 11.8. The summed E-state index contributed by atoms with van der Waals surface area (Å²) in [5.74, 6) is -1.13. The molecule has 1 aliphatic heterocycles. The molecule has 0 fully saturated rings. The number of benzene rings is 4. The number of hydrogen-bond acceptors (Lipinski definition) is 3. The van der Waals surface area contributed by atoms with Crippen molar-refractivity contribution in [1.82, 2.24) is 5.32 Å². The number of rotatable bonds is 6. The molecule has 1 aliphatic rings. The average Bonchev–Trinajstić information content (AvgIpc) is 2.93. The van der Waals surface area contributed by atoms with Gasteiger partial charge in [0.25, 0.3) is 5.91 Å². The fourth-order valence-electron chi connectivity index (χ4n) is 4.63. The predicted octanol–water partition coefficient (Wildman–Crippen LogP) is 7.09. The lowest BCUT2D eigenvalue weighted by Gasteiger charge is -2.41. The SMILES string of the molecule is O=C(N[C@]1(Cc2ccccc2)C(=O)OC(c2ccccc2)=C[C@@H]1c1ccc(Cl)c(Cl)c1)c1ccccc1. The zero-order valence-corrected chi connectivity index (χ0v) is 21.2. The van der Waals surface area contributed by atoms with Crippen LogP contribution in [0.4, 0.5) is 0 Å². The van der Waals surface area contributed by atoms with Crippen LogP contribution in [0.15, 0.2) is 115 Å². The van der Waals surface area contributed by atoms with Crippen LogP contribution in [0.2, 0.25) is 10.0 Å². The smallest absolute Gasteiger partial charge is 0.338 e. The Labute approximate surface area is 225 Å². The summed E-state index contributed by atoms with van der Waals surface area (Å²) in [6.07, 6.45) is 2.08. The van der Waals surface area contributed by atoms with E-state index in [1.165, 1.54) is 0 Å². The molecule has 0 radical (unpaired) electrons. The van der Waals surface area contributed by atoms with Crippen molar-refractivity contribution in [1.29, 1.82) is 0 Å². The molecule has 0 bridgehead atoms. The van der Waals surface area contributed by atoms with Crippen molar-refractivity contribution in [3.8, 4) is 0 Å². The molecule has 0 aliphatic carbocycles. The van der Waals surface area contributed by atoms with Gasteiger partial charge in [-0.1, -0.05) is 108 Å². The highest BCUT2D eigenvalue weighted by Gasteiger charge is 2.51. The summed E-state index contributed by atoms with van der Waals surface area (Å²) < 4.78 is 5.95. The second-order valence-electron chi connectivity index (χ2n) is 8.89. The lowest BCUT2D eigenvalue weighted by atomic mass is 9.73. The first-order chi connectivity index (χ1) is 18.0. The lowest BCUT2D eigenvalue weighted by molar-refractivity contribution is -0.145. The summed E-state index contributed by atoms with van der Waals surface area (Å²) >= 11 is 12.7. The number of halogens is 2. The number of esters is 1. The van der Waals surface area contributed by atoms with Crippen molar-refractivity contribution in [2.24, 2.45) is 0 Å². The van der Waals surface area contributed by atoms with E-state index in [0.29, 0.717) is 21.4 Å². The van der Waals surface area contributed by atoms with Crippen molar-refractivity contribution in [2.45, 2.75) is 17.9 Å². The standard InChI is InChI=1S/C31H23Cl2NO3/c32-26-17-16-24(18-27(26)33)25-19-28(22-12-6-2-7-13-22)37-30(36)31(25,20-21-10-4-1-5-11-21)34-29(35)23-14-8-3-9-15-23/h1-19,25H,20H2,(H,34,35)/t25-,31+/m1/s1. The Bertz CT molecular complexity index is 1460. The minimum atomic E-state index is -1.45. The maximum absolute atomic E-state index is 14.1. The molecule has 0 saturated carbocycles. The van der Waals surface area contributed by atoms with E-state index in [0.717, 1.165) is 16.7 Å². The van der Waals surface area contributed by atoms with Crippen LogP contribution in [0.25, 0.3) is 5.76 Å². The summed E-state index contributed by atoms with van der Waals surface area (Å²) in [7, 11) is 0. The maximum atomic E-state index is 14.1. The van der Waals surface area contributed by atoms with Gasteiger partial charge in [0, 0.05) is 23.5 Å². The van der Waals surface area contributed by atoms with Crippen molar-refractivity contribution >= 4 is 40.8 Å². The van der Waals surface area contributed by atoms with Gasteiger partial charge in [0.2, 0.25) is 0 Å². The van der Waals surface area contributed by atoms with E-state index in [1.807, 2.05) is 78.9 Å². The van der Waals surface area contributed by atoms with Crippen LogP contribution in [0, 0.1) is 0 Å². The van der Waals surface area contributed by atoms with Crippen molar-refractivity contribution in [2.75, 3.05) is 0 Å². The zero-order chi connectivity index (χ0) is 25.8. The molecule has 6 heteroatoms. The van der Waals surface area contributed by atoms with Crippen LogP contribution in [-0.4, -0.2) is 17.4 Å². The minimum absolute atomic E-state index is 0.203. The van der Waals surface area contributed by atoms with Crippen molar-refractivity contribution < 1.29 is 14.3 Å². The van der Waals surface area contributed by atoms with Gasteiger partial charge in [-0.05, 0) is 41.5 Å². The van der Waals surface area contributed by atoms with Crippen molar-refractivity contribution in [3.63, 3.8) is 0 Å². The highest BCUT2D eigenvalue weighted by Crippen LogP contribution is 2.42. The van der Waals surface area contributed by atoms with Crippen LogP contribution < -0.4 is 5.32 Å². The summed E-state index contributed by atoms with van der Waals surface area (Å²) in [6.45, 7) is 0. The average molecular weight is 528 g/mol. The fourth-order valence-corrected chi connectivity index (χ4v) is 4.93. The topological polar surface area (TPSA) is 55.4 Å². The predicted molar refractivity (Wildman–Crippen MR) is 146 cm³/mol. The van der Waals surface area contributed by atoms with Crippen LogP contribution in [0.5, 0.6) is 0 Å². The van der Waals surface area contributed by atoms with Gasteiger partial charge < -0.3 is 10.1 Å². The molecule has 2 atom stereocenters. The number of carbonyl (C=O) groups is 2. The molecule has 1 heterocycles. The Kier molecular flexibility index (Phi) is 7.13. The van der Waals surface area contributed by atoms with Crippen molar-refractivity contribution in [3.05, 3.63) is 148 Å². The van der Waals surface area contributed by atoms with Gasteiger partial charge >= 0.3 is 5.97 Å². The number of ether oxygens (including phenoxy) is 1. The number of carbonyl (C=O) groups excluding carboxylic acids is 2. The normalized spacial score (nSPS) is 19.0. The molecule has 4 aromatic carbocycles. The Morgan fingerprint density at radius 3 is 2.08 bits per heavy atom. The Balaban J connectivity index is 1.70. The molecule has 5 rings (SSSR count). The van der Waals surface area contributed by atoms with Crippen LogP contribution >= 0.6 is 23.2 Å². The third-order valence-electron chi connectivity index (χ3n) is 6.48. The van der Waals surface area contributed by atoms with E-state index in [1.54, 1.807) is 36.4 Å². The highest BCUT2D eigenvalue weighted by molar-refractivity contribution is 6.42. The van der Waals surface area contributed by atoms with Gasteiger partial charge in [-0.2, -0.15) is 0 Å². The zero-order valence-electron chi connectivity index (χ0n) is 19.7. The van der Waals surface area contributed by atoms with Crippen LogP contribution in [-0.2, 0) is 16.0 Å². The Hall–Kier alpha value is -3.86. The number of amides is 1. The third-order valence-corrected chi connectivity index (χ3v) is 7.21. The molecule has 0 spiro atoms. The number of cyclic esters (lactones) is 1. The van der Waals surface area contributed by atoms with Gasteiger partial charge in [-0.3, -0.25) is 4.79 Å². The molecule has 0 aromatic heterocycles. The van der Waals surface area contributed by atoms with Gasteiger partial charge in [0.05, 0.1) is 10.0 Å². The molecule has 1 amide bonds. The molecule has 37 heavy (non-hydrogen) atoms. The first kappa shape index (κ1) is 24.8. The Morgan fingerprint density at radius 2 is 1.43 bits per heavy atom. The van der Waals surface area contributed by atoms with Gasteiger partial charge in [-0.25, -0.2) is 4.79 Å². The third kappa shape index (κ3) is 5.17. The van der Waals surface area contributed by atoms with E-state index < -0.39 is 17.4 Å². The molecule has 4 aromatic rings. The monoisotopic (exact) mass is 527 g/mol. The lowest BCUT2D eigenvalue weighted by Crippen LogP contribution is -2.61. The molecule has 0 unspecified atom stereocenters. The van der Waals surface area contributed by atoms with E-state index in [4.69, 9.17) is 27.9 Å². The second-order valence-corrected chi connectivity index (χ2v) is 9.71. The molecule has 4 nitrogen and oxygen atoms in total. The maximum Gasteiger partial charge on any atom is 0.338 e. The second kappa shape index (κ2) is 10.6. The van der Waals surface area contributed by atoms with E-state index in [9.17, 15) is 9.59 Å². The molecule has 1 N–H and O–H groups in total. The summed E-state index contributed by atoms with van der Waals surface area (Å²) in [6, 6.07) is 33.0. The van der Waals surface area contributed by atoms with Gasteiger partial charge in [-0.15, -0.1) is 0 Å². The number of nitrogens with one attached hydrogen (secondary N) is 1. The quantitative estimate of drug-likeness (QED) is 0.272. The molecule has 184 valence electrons. The van der Waals surface area contributed by atoms with Gasteiger partial charge in [0.15, 0.2) is 5.54 Å². The fraction of sp³-hybridized carbons (Fsp3) is 0.0968. The number of hydrogen-bond donors (Lipinski definition) is 1. The summed E-state index contributed by atoms with van der Waals surface area (Å²) in [5, 5.41) is 3.83. The Morgan fingerprint density at radius 1 is 0.811 bits per heavy atom. The minimum Gasteiger partial charge on any atom is -0.424 e. The van der Waals surface area contributed by atoms with E-state index >= 15 is 0 Å². The largest absolute Gasteiger partial charge is 0.424 e. The first-order valence-corrected chi connectivity index (χ1v) is 12.6. The molecular formula is C31H23Cl2NO3. The molecular weight excluding hydrogens is 505 g/mol. The van der Waals surface area contributed by atoms with E-state index in [-0.39, 0.29) is 12.3 Å².